The Balaban J connectivity index is 1.45. The first-order chi connectivity index (χ1) is 13.7. The Kier molecular flexibility index (Phi) is 7.00. The molecule has 6 nitrogen and oxygen atoms in total. The Bertz CT molecular complexity index is 776. The van der Waals surface area contributed by atoms with Gasteiger partial charge in [-0.2, -0.15) is 0 Å². The minimum atomic E-state index is 0.589. The highest BCUT2D eigenvalue weighted by atomic mass is 16.5. The predicted octanol–water partition coefficient (Wildman–Crippen LogP) is 2.90. The fraction of sp³-hybridized carbons (Fsp3) is 0.409. The monoisotopic (exact) mass is 382 g/mol. The summed E-state index contributed by atoms with van der Waals surface area (Å²) < 4.78 is 10.5. The molecular formula is C22H30N4O2. The summed E-state index contributed by atoms with van der Waals surface area (Å²) in [6, 6.07) is 16.3. The summed E-state index contributed by atoms with van der Waals surface area (Å²) >= 11 is 0. The topological polar surface area (TPSA) is 58.1 Å². The van der Waals surface area contributed by atoms with Crippen LogP contribution in [0.1, 0.15) is 12.0 Å². The van der Waals surface area contributed by atoms with Crippen LogP contribution in [0.2, 0.25) is 0 Å². The molecule has 3 rings (SSSR count). The highest BCUT2D eigenvalue weighted by Crippen LogP contribution is 2.26. The fourth-order valence-corrected chi connectivity index (χ4v) is 3.43. The molecule has 0 amide bonds. The van der Waals surface area contributed by atoms with Gasteiger partial charge in [-0.25, -0.2) is 0 Å². The summed E-state index contributed by atoms with van der Waals surface area (Å²) in [6.07, 6.45) is 1.17. The van der Waals surface area contributed by atoms with E-state index in [0.29, 0.717) is 5.92 Å². The van der Waals surface area contributed by atoms with E-state index >= 15 is 0 Å². The van der Waals surface area contributed by atoms with Crippen LogP contribution in [0.3, 0.4) is 0 Å². The average molecular weight is 383 g/mol. The second kappa shape index (κ2) is 9.88. The van der Waals surface area contributed by atoms with E-state index in [1.165, 1.54) is 17.7 Å². The highest BCUT2D eigenvalue weighted by molar-refractivity contribution is 5.79. The Morgan fingerprint density at radius 1 is 1.07 bits per heavy atom. The molecule has 0 aliphatic carbocycles. The minimum Gasteiger partial charge on any atom is -0.497 e. The van der Waals surface area contributed by atoms with Gasteiger partial charge in [-0.3, -0.25) is 4.99 Å². The lowest BCUT2D eigenvalue weighted by Gasteiger charge is -2.20. The van der Waals surface area contributed by atoms with Crippen molar-refractivity contribution in [1.82, 2.24) is 10.6 Å². The summed E-state index contributed by atoms with van der Waals surface area (Å²) in [4.78, 5) is 6.76. The third kappa shape index (κ3) is 5.31. The molecule has 1 aliphatic heterocycles. The Morgan fingerprint density at radius 2 is 1.86 bits per heavy atom. The molecule has 0 bridgehead atoms. The SMILES string of the molecule is CN=C(NCc1ccc(OC)cc1)NCC1CCN(c2cccc(OC)c2)C1. The molecule has 2 aromatic carbocycles. The van der Waals surface area contributed by atoms with E-state index in [0.717, 1.165) is 43.6 Å². The van der Waals surface area contributed by atoms with Crippen molar-refractivity contribution in [3.8, 4) is 11.5 Å². The maximum absolute atomic E-state index is 5.34. The largest absolute Gasteiger partial charge is 0.497 e. The Labute approximate surface area is 167 Å². The fourth-order valence-electron chi connectivity index (χ4n) is 3.43. The molecule has 1 unspecified atom stereocenters. The van der Waals surface area contributed by atoms with Gasteiger partial charge in [0.25, 0.3) is 0 Å². The third-order valence-electron chi connectivity index (χ3n) is 5.11. The van der Waals surface area contributed by atoms with Gasteiger partial charge in [0, 0.05) is 45.0 Å². The number of nitrogens with zero attached hydrogens (tertiary/aromatic N) is 2. The number of guanidine groups is 1. The van der Waals surface area contributed by atoms with Gasteiger partial charge in [0.15, 0.2) is 5.96 Å². The number of methoxy groups -OCH3 is 2. The van der Waals surface area contributed by atoms with Crippen molar-refractivity contribution in [2.75, 3.05) is 45.8 Å². The summed E-state index contributed by atoms with van der Waals surface area (Å²) in [6.45, 7) is 3.74. The van der Waals surface area contributed by atoms with Crippen LogP contribution in [0.4, 0.5) is 5.69 Å². The molecular weight excluding hydrogens is 352 g/mol. The molecule has 2 N–H and O–H groups in total. The van der Waals surface area contributed by atoms with Gasteiger partial charge in [0.1, 0.15) is 11.5 Å². The van der Waals surface area contributed by atoms with Crippen molar-refractivity contribution < 1.29 is 9.47 Å². The molecule has 28 heavy (non-hydrogen) atoms. The van der Waals surface area contributed by atoms with Crippen LogP contribution in [0.15, 0.2) is 53.5 Å². The first kappa shape index (κ1) is 19.9. The first-order valence-corrected chi connectivity index (χ1v) is 9.68. The Morgan fingerprint density at radius 3 is 2.57 bits per heavy atom. The van der Waals surface area contributed by atoms with Crippen molar-refractivity contribution in [1.29, 1.82) is 0 Å². The second-order valence-corrected chi connectivity index (χ2v) is 6.96. The second-order valence-electron chi connectivity index (χ2n) is 6.96. The molecule has 2 aromatic rings. The number of benzene rings is 2. The summed E-state index contributed by atoms with van der Waals surface area (Å²) in [5.41, 5.74) is 2.41. The number of rotatable bonds is 7. The normalized spacial score (nSPS) is 16.8. The summed E-state index contributed by atoms with van der Waals surface area (Å²) in [5.74, 6) is 3.19. The van der Waals surface area contributed by atoms with E-state index in [9.17, 15) is 0 Å². The molecule has 0 saturated carbocycles. The summed E-state index contributed by atoms with van der Waals surface area (Å²) in [5, 5.41) is 6.83. The standard InChI is InChI=1S/C22H30N4O2/c1-23-22(24-14-17-7-9-20(27-2)10-8-17)25-15-18-11-12-26(16-18)19-5-4-6-21(13-19)28-3/h4-10,13,18H,11-12,14-16H2,1-3H3,(H2,23,24,25). The molecule has 1 atom stereocenters. The van der Waals surface area contributed by atoms with Gasteiger partial charge < -0.3 is 25.0 Å². The maximum atomic E-state index is 5.34. The van der Waals surface area contributed by atoms with Crippen LogP contribution in [0.25, 0.3) is 0 Å². The van der Waals surface area contributed by atoms with Gasteiger partial charge in [-0.1, -0.05) is 18.2 Å². The van der Waals surface area contributed by atoms with Crippen molar-refractivity contribution >= 4 is 11.6 Å². The average Bonchev–Trinajstić information content (AvgIpc) is 3.23. The van der Waals surface area contributed by atoms with Crippen LogP contribution in [-0.4, -0.2) is 46.9 Å². The quantitative estimate of drug-likeness (QED) is 0.570. The van der Waals surface area contributed by atoms with Gasteiger partial charge in [0.05, 0.1) is 14.2 Å². The number of anilines is 1. The van der Waals surface area contributed by atoms with Crippen LogP contribution in [-0.2, 0) is 6.54 Å². The highest BCUT2D eigenvalue weighted by Gasteiger charge is 2.23. The number of hydrogen-bond donors (Lipinski definition) is 2. The van der Waals surface area contributed by atoms with E-state index in [1.807, 2.05) is 24.3 Å². The number of hydrogen-bond acceptors (Lipinski definition) is 4. The van der Waals surface area contributed by atoms with Gasteiger partial charge in [-0.15, -0.1) is 0 Å². The van der Waals surface area contributed by atoms with Crippen LogP contribution >= 0.6 is 0 Å². The number of ether oxygens (including phenoxy) is 2. The van der Waals surface area contributed by atoms with Crippen molar-refractivity contribution in [3.05, 3.63) is 54.1 Å². The summed E-state index contributed by atoms with van der Waals surface area (Å²) in [7, 11) is 5.19. The molecule has 1 fully saturated rings. The van der Waals surface area contributed by atoms with Gasteiger partial charge in [-0.05, 0) is 42.2 Å². The van der Waals surface area contributed by atoms with Gasteiger partial charge in [0.2, 0.25) is 0 Å². The molecule has 0 aromatic heterocycles. The maximum Gasteiger partial charge on any atom is 0.191 e. The van der Waals surface area contributed by atoms with Crippen molar-refractivity contribution in [3.63, 3.8) is 0 Å². The molecule has 0 radical (unpaired) electrons. The van der Waals surface area contributed by atoms with Gasteiger partial charge >= 0.3 is 0 Å². The predicted molar refractivity (Wildman–Crippen MR) is 115 cm³/mol. The zero-order chi connectivity index (χ0) is 19.8. The molecule has 1 heterocycles. The van der Waals surface area contributed by atoms with E-state index in [2.05, 4.69) is 44.8 Å². The van der Waals surface area contributed by atoms with E-state index < -0.39 is 0 Å². The number of aliphatic imine (C=N–C) groups is 1. The van der Waals surface area contributed by atoms with Crippen molar-refractivity contribution in [2.45, 2.75) is 13.0 Å². The van der Waals surface area contributed by atoms with E-state index in [1.54, 1.807) is 21.3 Å². The van der Waals surface area contributed by atoms with E-state index in [4.69, 9.17) is 9.47 Å². The van der Waals surface area contributed by atoms with E-state index in [-0.39, 0.29) is 0 Å². The molecule has 1 aliphatic rings. The molecule has 0 spiro atoms. The Hall–Kier alpha value is -2.89. The lowest BCUT2D eigenvalue weighted by Crippen LogP contribution is -2.39. The third-order valence-corrected chi connectivity index (χ3v) is 5.11. The number of nitrogens with one attached hydrogen (secondary N) is 2. The van der Waals surface area contributed by atoms with Crippen LogP contribution < -0.4 is 25.0 Å². The molecule has 1 saturated heterocycles. The van der Waals surface area contributed by atoms with Crippen LogP contribution in [0, 0.1) is 5.92 Å². The van der Waals surface area contributed by atoms with Crippen molar-refractivity contribution in [2.24, 2.45) is 10.9 Å². The lowest BCUT2D eigenvalue weighted by atomic mass is 10.1. The molecule has 150 valence electrons. The molecule has 6 heteroatoms. The lowest BCUT2D eigenvalue weighted by molar-refractivity contribution is 0.414. The smallest absolute Gasteiger partial charge is 0.191 e. The van der Waals surface area contributed by atoms with Crippen LogP contribution in [0.5, 0.6) is 11.5 Å². The minimum absolute atomic E-state index is 0.589. The zero-order valence-electron chi connectivity index (χ0n) is 16.9. The first-order valence-electron chi connectivity index (χ1n) is 9.68. The zero-order valence-corrected chi connectivity index (χ0v) is 16.9.